The van der Waals surface area contributed by atoms with Gasteiger partial charge in [-0.3, -0.25) is 0 Å². The van der Waals surface area contributed by atoms with Gasteiger partial charge in [0.25, 0.3) is 0 Å². The molecule has 0 amide bonds. The van der Waals surface area contributed by atoms with Crippen molar-refractivity contribution < 1.29 is 5.11 Å². The lowest BCUT2D eigenvalue weighted by Crippen LogP contribution is -2.23. The Morgan fingerprint density at radius 2 is 2.35 bits per heavy atom. The highest BCUT2D eigenvalue weighted by Crippen LogP contribution is 2.17. The smallest absolute Gasteiger partial charge is 0.0914 e. The summed E-state index contributed by atoms with van der Waals surface area (Å²) in [5.41, 5.74) is 0.936. The lowest BCUT2D eigenvalue weighted by molar-refractivity contribution is 0.175. The first-order chi connectivity index (χ1) is 8.24. The number of rotatable bonds is 8. The molecule has 1 unspecified atom stereocenters. The van der Waals surface area contributed by atoms with Crippen LogP contribution >= 0.6 is 27.7 Å². The van der Waals surface area contributed by atoms with Crippen LogP contribution in [0, 0.1) is 0 Å². The van der Waals surface area contributed by atoms with Crippen molar-refractivity contribution in [1.29, 1.82) is 0 Å². The Hall–Kier alpha value is -0.290. The number of hydrogen-bond donors (Lipinski definition) is 2. The Morgan fingerprint density at radius 3 is 3.06 bits per heavy atom. The molecule has 0 spiro atoms. The van der Waals surface area contributed by atoms with E-state index in [4.69, 9.17) is 0 Å². The van der Waals surface area contributed by atoms with Gasteiger partial charge in [-0.1, -0.05) is 34.1 Å². The Kier molecular flexibility index (Phi) is 7.60. The minimum atomic E-state index is -0.447. The monoisotopic (exact) mass is 315 g/mol. The third-order valence-electron chi connectivity index (χ3n) is 2.23. The number of aliphatic hydroxyl groups excluding tert-OH is 1. The molecule has 17 heavy (non-hydrogen) atoms. The first-order valence-corrected chi connectivity index (χ1v) is 7.51. The van der Waals surface area contributed by atoms with Gasteiger partial charge in [-0.2, -0.15) is 11.8 Å². The van der Waals surface area contributed by atoms with Crippen molar-refractivity contribution in [3.05, 3.63) is 47.0 Å². The van der Waals surface area contributed by atoms with Crippen LogP contribution in [0.25, 0.3) is 0 Å². The summed E-state index contributed by atoms with van der Waals surface area (Å²) < 4.78 is 0.996. The average Bonchev–Trinajstić information content (AvgIpc) is 2.33. The van der Waals surface area contributed by atoms with E-state index in [-0.39, 0.29) is 0 Å². The average molecular weight is 316 g/mol. The van der Waals surface area contributed by atoms with E-state index in [0.717, 1.165) is 28.1 Å². The van der Waals surface area contributed by atoms with Crippen molar-refractivity contribution >= 4 is 27.7 Å². The van der Waals surface area contributed by atoms with Crippen LogP contribution in [0.5, 0.6) is 0 Å². The molecular weight excluding hydrogens is 298 g/mol. The molecule has 0 bridgehead atoms. The first kappa shape index (κ1) is 14.8. The Labute approximate surface area is 116 Å². The maximum Gasteiger partial charge on any atom is 0.0914 e. The van der Waals surface area contributed by atoms with Gasteiger partial charge in [0.05, 0.1) is 6.10 Å². The second-order valence-electron chi connectivity index (χ2n) is 3.64. The number of aliphatic hydroxyl groups is 1. The van der Waals surface area contributed by atoms with Gasteiger partial charge in [-0.05, 0) is 17.7 Å². The zero-order chi connectivity index (χ0) is 12.5. The Morgan fingerprint density at radius 1 is 1.53 bits per heavy atom. The van der Waals surface area contributed by atoms with Gasteiger partial charge in [0, 0.05) is 29.1 Å². The fraction of sp³-hybridized carbons (Fsp3) is 0.385. The van der Waals surface area contributed by atoms with Crippen molar-refractivity contribution in [2.45, 2.75) is 6.10 Å². The molecule has 1 aromatic rings. The SMILES string of the molecule is C=CCSCCNCC(O)c1cccc(Br)c1. The van der Waals surface area contributed by atoms with Gasteiger partial charge in [0.2, 0.25) is 0 Å². The summed E-state index contributed by atoms with van der Waals surface area (Å²) in [4.78, 5) is 0. The minimum absolute atomic E-state index is 0.447. The van der Waals surface area contributed by atoms with Crippen molar-refractivity contribution in [2.24, 2.45) is 0 Å². The molecule has 2 nitrogen and oxygen atoms in total. The van der Waals surface area contributed by atoms with Crippen LogP contribution < -0.4 is 5.32 Å². The molecular formula is C13H18BrNOS. The van der Waals surface area contributed by atoms with E-state index < -0.39 is 6.10 Å². The van der Waals surface area contributed by atoms with E-state index in [9.17, 15) is 5.11 Å². The van der Waals surface area contributed by atoms with Crippen molar-refractivity contribution in [3.63, 3.8) is 0 Å². The number of halogens is 1. The largest absolute Gasteiger partial charge is 0.387 e. The van der Waals surface area contributed by atoms with Crippen LogP contribution in [-0.4, -0.2) is 29.7 Å². The molecule has 0 aliphatic heterocycles. The van der Waals surface area contributed by atoms with Gasteiger partial charge in [0.1, 0.15) is 0 Å². The Balaban J connectivity index is 2.21. The minimum Gasteiger partial charge on any atom is -0.387 e. The lowest BCUT2D eigenvalue weighted by atomic mass is 10.1. The summed E-state index contributed by atoms with van der Waals surface area (Å²) in [6, 6.07) is 7.76. The van der Waals surface area contributed by atoms with Crippen LogP contribution in [0.3, 0.4) is 0 Å². The van der Waals surface area contributed by atoms with Gasteiger partial charge < -0.3 is 10.4 Å². The summed E-state index contributed by atoms with van der Waals surface area (Å²) in [6.45, 7) is 5.16. The second-order valence-corrected chi connectivity index (χ2v) is 5.70. The summed E-state index contributed by atoms with van der Waals surface area (Å²) in [6.07, 6.45) is 1.46. The van der Waals surface area contributed by atoms with Gasteiger partial charge in [-0.15, -0.1) is 6.58 Å². The molecule has 0 heterocycles. The normalized spacial score (nSPS) is 12.4. The topological polar surface area (TPSA) is 32.3 Å². The lowest BCUT2D eigenvalue weighted by Gasteiger charge is -2.12. The maximum absolute atomic E-state index is 9.94. The van der Waals surface area contributed by atoms with E-state index in [1.807, 2.05) is 42.1 Å². The quantitative estimate of drug-likeness (QED) is 0.571. The standard InChI is InChI=1S/C13H18BrNOS/c1-2-7-17-8-6-15-10-13(16)11-4-3-5-12(14)9-11/h2-5,9,13,15-16H,1,6-8,10H2. The fourth-order valence-corrected chi connectivity index (χ4v) is 2.42. The molecule has 0 aromatic heterocycles. The highest BCUT2D eigenvalue weighted by Gasteiger charge is 2.06. The van der Waals surface area contributed by atoms with E-state index in [0.29, 0.717) is 6.54 Å². The molecule has 0 aliphatic rings. The molecule has 1 rings (SSSR count). The molecule has 0 aliphatic carbocycles. The van der Waals surface area contributed by atoms with E-state index in [1.165, 1.54) is 0 Å². The summed E-state index contributed by atoms with van der Waals surface area (Å²) >= 11 is 5.23. The summed E-state index contributed by atoms with van der Waals surface area (Å²) in [7, 11) is 0. The van der Waals surface area contributed by atoms with Crippen molar-refractivity contribution in [2.75, 3.05) is 24.6 Å². The van der Waals surface area contributed by atoms with E-state index >= 15 is 0 Å². The summed E-state index contributed by atoms with van der Waals surface area (Å²) in [5.74, 6) is 2.02. The van der Waals surface area contributed by atoms with Crippen molar-refractivity contribution in [1.82, 2.24) is 5.32 Å². The van der Waals surface area contributed by atoms with Gasteiger partial charge in [0.15, 0.2) is 0 Å². The highest BCUT2D eigenvalue weighted by molar-refractivity contribution is 9.10. The molecule has 0 saturated carbocycles. The number of hydrogen-bond acceptors (Lipinski definition) is 3. The van der Waals surface area contributed by atoms with Crippen LogP contribution in [0.1, 0.15) is 11.7 Å². The predicted molar refractivity (Wildman–Crippen MR) is 79.5 cm³/mol. The molecule has 1 atom stereocenters. The maximum atomic E-state index is 9.94. The first-order valence-electron chi connectivity index (χ1n) is 5.57. The molecule has 94 valence electrons. The molecule has 1 aromatic carbocycles. The summed E-state index contributed by atoms with van der Waals surface area (Å²) in [5, 5.41) is 13.2. The zero-order valence-corrected chi connectivity index (χ0v) is 12.1. The second kappa shape index (κ2) is 8.75. The fourth-order valence-electron chi connectivity index (χ4n) is 1.38. The van der Waals surface area contributed by atoms with Gasteiger partial charge >= 0.3 is 0 Å². The van der Waals surface area contributed by atoms with E-state index in [2.05, 4.69) is 27.8 Å². The highest BCUT2D eigenvalue weighted by atomic mass is 79.9. The molecule has 4 heteroatoms. The third kappa shape index (κ3) is 6.27. The van der Waals surface area contributed by atoms with Crippen molar-refractivity contribution in [3.8, 4) is 0 Å². The molecule has 0 fully saturated rings. The van der Waals surface area contributed by atoms with Crippen LogP contribution in [0.15, 0.2) is 41.4 Å². The molecule has 0 saturated heterocycles. The third-order valence-corrected chi connectivity index (χ3v) is 3.69. The van der Waals surface area contributed by atoms with Crippen LogP contribution in [-0.2, 0) is 0 Å². The number of benzene rings is 1. The van der Waals surface area contributed by atoms with Crippen LogP contribution in [0.4, 0.5) is 0 Å². The Bertz CT molecular complexity index is 346. The molecule has 0 radical (unpaired) electrons. The van der Waals surface area contributed by atoms with Gasteiger partial charge in [-0.25, -0.2) is 0 Å². The number of thioether (sulfide) groups is 1. The van der Waals surface area contributed by atoms with E-state index in [1.54, 1.807) is 0 Å². The predicted octanol–water partition coefficient (Wildman–Crippen LogP) is 2.99. The van der Waals surface area contributed by atoms with Crippen LogP contribution in [0.2, 0.25) is 0 Å². The zero-order valence-electron chi connectivity index (χ0n) is 9.73. The number of nitrogens with one attached hydrogen (secondary N) is 1. The molecule has 2 N–H and O–H groups in total.